The molecule has 0 saturated carbocycles. The fraction of sp³-hybridized carbons (Fsp3) is 0.462. The van der Waals surface area contributed by atoms with Gasteiger partial charge in [-0.05, 0) is 0 Å². The normalized spacial score (nSPS) is 11.3. The van der Waals surface area contributed by atoms with Crippen molar-refractivity contribution in [3.63, 3.8) is 0 Å². The SMILES string of the molecule is C=CCn1c(=O)n(CC=C)c(=O)n(C[Si](C)(C)C)c1=O. The summed E-state index contributed by atoms with van der Waals surface area (Å²) in [6, 6.07) is 0. The van der Waals surface area contributed by atoms with Gasteiger partial charge >= 0.3 is 17.1 Å². The van der Waals surface area contributed by atoms with Crippen LogP contribution in [0.25, 0.3) is 0 Å². The molecular formula is C13H21N3O3Si. The van der Waals surface area contributed by atoms with Crippen LogP contribution in [-0.2, 0) is 19.3 Å². The van der Waals surface area contributed by atoms with Crippen LogP contribution in [0.1, 0.15) is 0 Å². The van der Waals surface area contributed by atoms with Crippen molar-refractivity contribution < 1.29 is 0 Å². The fourth-order valence-electron chi connectivity index (χ4n) is 1.86. The second-order valence-corrected chi connectivity index (χ2v) is 11.2. The zero-order valence-electron chi connectivity index (χ0n) is 12.3. The Morgan fingerprint density at radius 1 is 0.850 bits per heavy atom. The smallest absolute Gasteiger partial charge is 0.248 e. The van der Waals surface area contributed by atoms with Gasteiger partial charge < -0.3 is 0 Å². The Balaban J connectivity index is 3.71. The van der Waals surface area contributed by atoms with E-state index in [0.717, 1.165) is 13.7 Å². The summed E-state index contributed by atoms with van der Waals surface area (Å²) in [6.45, 7) is 13.4. The summed E-state index contributed by atoms with van der Waals surface area (Å²) in [5.41, 5.74) is -1.75. The van der Waals surface area contributed by atoms with E-state index >= 15 is 0 Å². The lowest BCUT2D eigenvalue weighted by Crippen LogP contribution is -2.56. The van der Waals surface area contributed by atoms with Crippen molar-refractivity contribution in [1.29, 1.82) is 0 Å². The molecule has 7 heteroatoms. The number of hydrogen-bond acceptors (Lipinski definition) is 3. The standard InChI is InChI=1S/C13H21N3O3Si/c1-6-8-14-11(17)15(9-7-2)13(19)16(12(14)18)10-20(3,4)5/h6-7H,1-2,8-10H2,3-5H3. The highest BCUT2D eigenvalue weighted by Crippen LogP contribution is 2.00. The molecule has 0 aliphatic carbocycles. The second kappa shape index (κ2) is 6.04. The maximum absolute atomic E-state index is 12.3. The molecule has 0 unspecified atom stereocenters. The van der Waals surface area contributed by atoms with Gasteiger partial charge in [-0.25, -0.2) is 28.1 Å². The summed E-state index contributed by atoms with van der Waals surface area (Å²) in [5.74, 6) is 0. The maximum atomic E-state index is 12.3. The Bertz CT molecular complexity index is 641. The van der Waals surface area contributed by atoms with Crippen molar-refractivity contribution in [1.82, 2.24) is 13.7 Å². The molecule has 0 spiro atoms. The Labute approximate surface area is 118 Å². The minimum Gasteiger partial charge on any atom is -0.248 e. The summed E-state index contributed by atoms with van der Waals surface area (Å²) in [5, 5.41) is 0. The predicted octanol–water partition coefficient (Wildman–Crippen LogP) is 0.421. The van der Waals surface area contributed by atoms with Gasteiger partial charge in [0.05, 0.1) is 21.2 Å². The van der Waals surface area contributed by atoms with Crippen LogP contribution in [-0.4, -0.2) is 21.8 Å². The Morgan fingerprint density at radius 2 is 1.20 bits per heavy atom. The molecule has 0 aromatic carbocycles. The highest BCUT2D eigenvalue weighted by molar-refractivity contribution is 6.74. The molecule has 1 aromatic rings. The van der Waals surface area contributed by atoms with Gasteiger partial charge in [-0.15, -0.1) is 13.2 Å². The van der Waals surface area contributed by atoms with Gasteiger partial charge in [0.15, 0.2) is 0 Å². The second-order valence-electron chi connectivity index (χ2n) is 5.79. The van der Waals surface area contributed by atoms with Gasteiger partial charge in [-0.2, -0.15) is 0 Å². The van der Waals surface area contributed by atoms with Crippen LogP contribution in [0.15, 0.2) is 39.7 Å². The average molecular weight is 295 g/mol. The Hall–Kier alpha value is -1.89. The molecule has 0 fully saturated rings. The van der Waals surface area contributed by atoms with Crippen molar-refractivity contribution in [2.24, 2.45) is 0 Å². The number of rotatable bonds is 6. The van der Waals surface area contributed by atoms with Gasteiger partial charge in [0.1, 0.15) is 0 Å². The molecule has 0 amide bonds. The van der Waals surface area contributed by atoms with Crippen molar-refractivity contribution in [2.45, 2.75) is 38.9 Å². The first-order valence-corrected chi connectivity index (χ1v) is 10.1. The summed E-state index contributed by atoms with van der Waals surface area (Å²) in [6.07, 6.45) is 3.30. The molecule has 1 heterocycles. The van der Waals surface area contributed by atoms with Gasteiger partial charge in [-0.3, -0.25) is 0 Å². The van der Waals surface area contributed by atoms with Crippen LogP contribution in [0.4, 0.5) is 0 Å². The van der Waals surface area contributed by atoms with E-state index in [-0.39, 0.29) is 13.1 Å². The highest BCUT2D eigenvalue weighted by atomic mass is 28.3. The van der Waals surface area contributed by atoms with E-state index in [2.05, 4.69) is 32.8 Å². The zero-order valence-corrected chi connectivity index (χ0v) is 13.3. The topological polar surface area (TPSA) is 66.0 Å². The number of aromatic nitrogens is 3. The van der Waals surface area contributed by atoms with E-state index in [9.17, 15) is 14.4 Å². The summed E-state index contributed by atoms with van der Waals surface area (Å²) >= 11 is 0. The van der Waals surface area contributed by atoms with E-state index < -0.39 is 25.1 Å². The molecule has 6 nitrogen and oxygen atoms in total. The molecule has 0 atom stereocenters. The molecule has 0 bridgehead atoms. The average Bonchev–Trinajstić information content (AvgIpc) is 2.34. The summed E-state index contributed by atoms with van der Waals surface area (Å²) in [4.78, 5) is 36.7. The third-order valence-electron chi connectivity index (χ3n) is 2.64. The largest absolute Gasteiger partial charge is 0.336 e. The minimum absolute atomic E-state index is 0.0841. The lowest BCUT2D eigenvalue weighted by atomic mass is 10.5. The van der Waals surface area contributed by atoms with Crippen molar-refractivity contribution in [3.8, 4) is 0 Å². The summed E-state index contributed by atoms with van der Waals surface area (Å²) in [7, 11) is -1.69. The minimum atomic E-state index is -1.69. The van der Waals surface area contributed by atoms with Crippen LogP contribution in [0.3, 0.4) is 0 Å². The third-order valence-corrected chi connectivity index (χ3v) is 3.91. The maximum Gasteiger partial charge on any atom is 0.336 e. The molecule has 110 valence electrons. The Kier molecular flexibility index (Phi) is 4.88. The van der Waals surface area contributed by atoms with Crippen molar-refractivity contribution in [2.75, 3.05) is 0 Å². The molecule has 0 aliphatic rings. The highest BCUT2D eigenvalue weighted by Gasteiger charge is 2.20. The molecule has 20 heavy (non-hydrogen) atoms. The fourth-order valence-corrected chi connectivity index (χ4v) is 3.08. The number of hydrogen-bond donors (Lipinski definition) is 0. The van der Waals surface area contributed by atoms with Gasteiger partial charge in [0, 0.05) is 6.17 Å². The number of nitrogens with zero attached hydrogens (tertiary/aromatic N) is 3. The lowest BCUT2D eigenvalue weighted by molar-refractivity contribution is 0.507. The van der Waals surface area contributed by atoms with Crippen LogP contribution < -0.4 is 17.1 Å². The van der Waals surface area contributed by atoms with E-state index in [0.29, 0.717) is 6.17 Å². The molecule has 1 aromatic heterocycles. The predicted molar refractivity (Wildman–Crippen MR) is 83.0 cm³/mol. The first kappa shape index (κ1) is 16.2. The van der Waals surface area contributed by atoms with Gasteiger partial charge in [0.25, 0.3) is 0 Å². The lowest BCUT2D eigenvalue weighted by Gasteiger charge is -2.18. The molecule has 1 rings (SSSR count). The zero-order chi connectivity index (χ0) is 15.5. The summed E-state index contributed by atoms with van der Waals surface area (Å²) < 4.78 is 3.21. The van der Waals surface area contributed by atoms with E-state index in [1.54, 1.807) is 0 Å². The van der Waals surface area contributed by atoms with Crippen LogP contribution >= 0.6 is 0 Å². The van der Waals surface area contributed by atoms with Crippen molar-refractivity contribution in [3.05, 3.63) is 56.8 Å². The van der Waals surface area contributed by atoms with Crippen LogP contribution in [0.2, 0.25) is 19.6 Å². The van der Waals surface area contributed by atoms with Crippen LogP contribution in [0, 0.1) is 0 Å². The molecule has 0 saturated heterocycles. The molecule has 0 radical (unpaired) electrons. The van der Waals surface area contributed by atoms with Gasteiger partial charge in [-0.1, -0.05) is 31.8 Å². The molecule has 0 aliphatic heterocycles. The van der Waals surface area contributed by atoms with E-state index in [1.165, 1.54) is 12.2 Å². The number of allylic oxidation sites excluding steroid dienone is 2. The Morgan fingerprint density at radius 3 is 1.50 bits per heavy atom. The first-order chi connectivity index (χ1) is 9.22. The van der Waals surface area contributed by atoms with Crippen LogP contribution in [0.5, 0.6) is 0 Å². The van der Waals surface area contributed by atoms with E-state index in [4.69, 9.17) is 0 Å². The quantitative estimate of drug-likeness (QED) is 0.564. The first-order valence-electron chi connectivity index (χ1n) is 6.39. The van der Waals surface area contributed by atoms with Gasteiger partial charge in [0.2, 0.25) is 0 Å². The molecule has 0 N–H and O–H groups in total. The van der Waals surface area contributed by atoms with Crippen molar-refractivity contribution >= 4 is 8.07 Å². The monoisotopic (exact) mass is 295 g/mol. The molecular weight excluding hydrogens is 274 g/mol. The van der Waals surface area contributed by atoms with E-state index in [1.807, 2.05) is 0 Å². The third kappa shape index (κ3) is 3.35.